The van der Waals surface area contributed by atoms with Crippen molar-refractivity contribution >= 4 is 5.91 Å². The number of amides is 1. The molecular formula is C21H29N3O. The van der Waals surface area contributed by atoms with E-state index in [1.807, 2.05) is 36.5 Å². The summed E-state index contributed by atoms with van der Waals surface area (Å²) >= 11 is 0. The lowest BCUT2D eigenvalue weighted by Gasteiger charge is -2.33. The third-order valence-electron chi connectivity index (χ3n) is 5.13. The van der Waals surface area contributed by atoms with Crippen molar-refractivity contribution in [3.05, 3.63) is 53.6 Å². The molecule has 25 heavy (non-hydrogen) atoms. The number of carbonyl (C=O) groups is 1. The van der Waals surface area contributed by atoms with E-state index in [4.69, 9.17) is 0 Å². The van der Waals surface area contributed by atoms with Crippen LogP contribution in [0.3, 0.4) is 0 Å². The molecule has 1 fully saturated rings. The largest absolute Gasteiger partial charge is 0.342 e. The summed E-state index contributed by atoms with van der Waals surface area (Å²) in [7, 11) is 0. The number of nitrogens with zero attached hydrogens (tertiary/aromatic N) is 3. The van der Waals surface area contributed by atoms with Crippen LogP contribution in [-0.2, 0) is 24.2 Å². The molecule has 1 unspecified atom stereocenters. The molecule has 0 bridgehead atoms. The summed E-state index contributed by atoms with van der Waals surface area (Å²) < 4.78 is 2.34. The lowest BCUT2D eigenvalue weighted by Crippen LogP contribution is -2.41. The van der Waals surface area contributed by atoms with E-state index < -0.39 is 0 Å². The van der Waals surface area contributed by atoms with E-state index in [0.29, 0.717) is 12.3 Å². The van der Waals surface area contributed by atoms with Crippen LogP contribution in [0.5, 0.6) is 0 Å². The van der Waals surface area contributed by atoms with Crippen LogP contribution in [0, 0.1) is 12.8 Å². The topological polar surface area (TPSA) is 38.1 Å². The Morgan fingerprint density at radius 1 is 1.28 bits per heavy atom. The van der Waals surface area contributed by atoms with E-state index in [9.17, 15) is 4.79 Å². The molecule has 1 aliphatic rings. The van der Waals surface area contributed by atoms with Crippen LogP contribution in [0.1, 0.15) is 43.3 Å². The van der Waals surface area contributed by atoms with Crippen molar-refractivity contribution in [3.8, 4) is 0 Å². The number of aromatic nitrogens is 2. The number of carbonyl (C=O) groups excluding carboxylic acids is 1. The molecule has 1 atom stereocenters. The van der Waals surface area contributed by atoms with Gasteiger partial charge in [-0.15, -0.1) is 0 Å². The van der Waals surface area contributed by atoms with Gasteiger partial charge >= 0.3 is 0 Å². The minimum Gasteiger partial charge on any atom is -0.342 e. The molecular weight excluding hydrogens is 310 g/mol. The van der Waals surface area contributed by atoms with Gasteiger partial charge in [0.1, 0.15) is 5.82 Å². The number of piperidine rings is 1. The van der Waals surface area contributed by atoms with Crippen LogP contribution in [0.25, 0.3) is 0 Å². The van der Waals surface area contributed by atoms with Crippen molar-refractivity contribution in [2.75, 3.05) is 13.1 Å². The first kappa shape index (κ1) is 17.7. The Bertz CT molecular complexity index is 692. The Balaban J connectivity index is 1.60. The average Bonchev–Trinajstić information content (AvgIpc) is 2.97. The number of benzene rings is 1. The predicted octanol–water partition coefficient (Wildman–Crippen LogP) is 3.63. The Morgan fingerprint density at radius 2 is 2.08 bits per heavy atom. The molecule has 1 aromatic carbocycles. The van der Waals surface area contributed by atoms with Crippen LogP contribution >= 0.6 is 0 Å². The minimum atomic E-state index is 0.254. The maximum atomic E-state index is 12.6. The summed E-state index contributed by atoms with van der Waals surface area (Å²) in [5.41, 5.74) is 2.34. The zero-order chi connectivity index (χ0) is 17.6. The molecule has 0 saturated carbocycles. The summed E-state index contributed by atoms with van der Waals surface area (Å²) in [4.78, 5) is 19.3. The molecule has 2 heterocycles. The summed E-state index contributed by atoms with van der Waals surface area (Å²) in [5, 5.41) is 0. The van der Waals surface area contributed by atoms with Gasteiger partial charge in [-0.1, -0.05) is 37.3 Å². The van der Waals surface area contributed by atoms with E-state index in [-0.39, 0.29) is 5.91 Å². The molecule has 0 radical (unpaired) electrons. The van der Waals surface area contributed by atoms with Gasteiger partial charge in [-0.2, -0.15) is 0 Å². The van der Waals surface area contributed by atoms with Crippen molar-refractivity contribution in [3.63, 3.8) is 0 Å². The van der Waals surface area contributed by atoms with E-state index in [1.54, 1.807) is 0 Å². The quantitative estimate of drug-likeness (QED) is 0.806. The number of hydrogen-bond donors (Lipinski definition) is 0. The van der Waals surface area contributed by atoms with Crippen LogP contribution in [0.2, 0.25) is 0 Å². The Kier molecular flexibility index (Phi) is 5.90. The fourth-order valence-electron chi connectivity index (χ4n) is 3.80. The second kappa shape index (κ2) is 8.32. The molecule has 1 saturated heterocycles. The lowest BCUT2D eigenvalue weighted by molar-refractivity contribution is -0.132. The molecule has 4 nitrogen and oxygen atoms in total. The van der Waals surface area contributed by atoms with Gasteiger partial charge in [-0.25, -0.2) is 4.98 Å². The van der Waals surface area contributed by atoms with Gasteiger partial charge in [0.2, 0.25) is 5.91 Å². The molecule has 2 aromatic rings. The second-order valence-corrected chi connectivity index (χ2v) is 7.18. The van der Waals surface area contributed by atoms with E-state index in [0.717, 1.165) is 44.5 Å². The van der Waals surface area contributed by atoms with E-state index in [1.165, 1.54) is 17.9 Å². The van der Waals surface area contributed by atoms with Crippen molar-refractivity contribution in [2.45, 2.75) is 52.5 Å². The van der Waals surface area contributed by atoms with Crippen LogP contribution < -0.4 is 0 Å². The molecule has 0 aliphatic carbocycles. The number of rotatable bonds is 6. The number of likely N-dealkylation sites (tertiary alicyclic amines) is 1. The Morgan fingerprint density at radius 3 is 2.84 bits per heavy atom. The first-order valence-corrected chi connectivity index (χ1v) is 9.50. The maximum Gasteiger partial charge on any atom is 0.226 e. The smallest absolute Gasteiger partial charge is 0.226 e. The maximum absolute atomic E-state index is 12.6. The Hall–Kier alpha value is -2.10. The van der Waals surface area contributed by atoms with Gasteiger partial charge in [-0.05, 0) is 37.7 Å². The monoisotopic (exact) mass is 339 g/mol. The van der Waals surface area contributed by atoms with Gasteiger partial charge in [0, 0.05) is 37.9 Å². The highest BCUT2D eigenvalue weighted by atomic mass is 16.2. The molecule has 134 valence electrons. The third-order valence-corrected chi connectivity index (χ3v) is 5.13. The molecule has 1 aliphatic heterocycles. The molecule has 4 heteroatoms. The average molecular weight is 339 g/mol. The zero-order valence-corrected chi connectivity index (χ0v) is 15.4. The normalized spacial score (nSPS) is 17.7. The van der Waals surface area contributed by atoms with Gasteiger partial charge in [0.15, 0.2) is 0 Å². The van der Waals surface area contributed by atoms with Gasteiger partial charge < -0.3 is 9.47 Å². The molecule has 3 rings (SSSR count). The van der Waals surface area contributed by atoms with E-state index >= 15 is 0 Å². The molecule has 1 aromatic heterocycles. The molecule has 0 N–H and O–H groups in total. The standard InChI is InChI=1S/C21H29N3O/c1-3-11-24-17(2)15-22-20(24)13-19-10-7-12-23(16-19)21(25)14-18-8-5-4-6-9-18/h4-6,8-9,15,19H,3,7,10-14,16H2,1-2H3. The minimum absolute atomic E-state index is 0.254. The van der Waals surface area contributed by atoms with Crippen molar-refractivity contribution in [1.29, 1.82) is 0 Å². The Labute approximate surface area is 150 Å². The van der Waals surface area contributed by atoms with Gasteiger partial charge in [0.25, 0.3) is 0 Å². The predicted molar refractivity (Wildman–Crippen MR) is 100 cm³/mol. The summed E-state index contributed by atoms with van der Waals surface area (Å²) in [5.74, 6) is 1.96. The highest BCUT2D eigenvalue weighted by Gasteiger charge is 2.25. The number of imidazole rings is 1. The highest BCUT2D eigenvalue weighted by molar-refractivity contribution is 5.78. The molecule has 1 amide bonds. The van der Waals surface area contributed by atoms with E-state index in [2.05, 4.69) is 28.3 Å². The number of hydrogen-bond acceptors (Lipinski definition) is 2. The van der Waals surface area contributed by atoms with Crippen molar-refractivity contribution < 1.29 is 4.79 Å². The fourth-order valence-corrected chi connectivity index (χ4v) is 3.80. The van der Waals surface area contributed by atoms with Crippen molar-refractivity contribution in [2.24, 2.45) is 5.92 Å². The van der Waals surface area contributed by atoms with Gasteiger partial charge in [0.05, 0.1) is 6.42 Å². The van der Waals surface area contributed by atoms with Gasteiger partial charge in [-0.3, -0.25) is 4.79 Å². The summed E-state index contributed by atoms with van der Waals surface area (Å²) in [6, 6.07) is 10.0. The molecule has 0 spiro atoms. The first-order valence-electron chi connectivity index (χ1n) is 9.50. The third kappa shape index (κ3) is 4.50. The fraction of sp³-hybridized carbons (Fsp3) is 0.524. The second-order valence-electron chi connectivity index (χ2n) is 7.18. The summed E-state index contributed by atoms with van der Waals surface area (Å²) in [6.07, 6.45) is 6.87. The van der Waals surface area contributed by atoms with Crippen molar-refractivity contribution in [1.82, 2.24) is 14.5 Å². The summed E-state index contributed by atoms with van der Waals surface area (Å²) in [6.45, 7) is 7.12. The highest BCUT2D eigenvalue weighted by Crippen LogP contribution is 2.22. The zero-order valence-electron chi connectivity index (χ0n) is 15.4. The van der Waals surface area contributed by atoms with Crippen LogP contribution in [0.4, 0.5) is 0 Å². The van der Waals surface area contributed by atoms with Crippen LogP contribution in [0.15, 0.2) is 36.5 Å². The SMILES string of the molecule is CCCn1c(C)cnc1CC1CCCN(C(=O)Cc2ccccc2)C1. The lowest BCUT2D eigenvalue weighted by atomic mass is 9.94. The number of aryl methyl sites for hydroxylation is 1. The first-order chi connectivity index (χ1) is 12.2. The van der Waals surface area contributed by atoms with Crippen LogP contribution in [-0.4, -0.2) is 33.4 Å².